The van der Waals surface area contributed by atoms with E-state index in [2.05, 4.69) is 23.4 Å². The van der Waals surface area contributed by atoms with Gasteiger partial charge in [-0.25, -0.2) is 0 Å². The molecule has 0 spiro atoms. The van der Waals surface area contributed by atoms with Crippen LogP contribution >= 0.6 is 0 Å². The maximum absolute atomic E-state index is 9.19. The Morgan fingerprint density at radius 1 is 0.667 bits per heavy atom. The number of β-amino-alcohol motifs (C(OH)–C–C–N with tert-alkyl or cyclic N) is 1. The molecule has 30 heavy (non-hydrogen) atoms. The molecular formula is C27H55N2O+. The van der Waals surface area contributed by atoms with Crippen molar-refractivity contribution in [1.82, 2.24) is 4.90 Å². The summed E-state index contributed by atoms with van der Waals surface area (Å²) in [4.78, 5) is 2.37. The van der Waals surface area contributed by atoms with Gasteiger partial charge in [-0.15, -0.1) is 0 Å². The highest BCUT2D eigenvalue weighted by atomic mass is 16.3. The molecule has 1 aliphatic rings. The maximum Gasteiger partial charge on any atom is 0.246 e. The number of unbranched alkanes of at least 4 members (excludes halogenated alkanes) is 18. The van der Waals surface area contributed by atoms with Crippen molar-refractivity contribution in [2.75, 3.05) is 33.3 Å². The van der Waals surface area contributed by atoms with E-state index in [0.717, 1.165) is 19.6 Å². The molecule has 0 fully saturated rings. The van der Waals surface area contributed by atoms with Crippen LogP contribution in [0, 0.1) is 0 Å². The lowest BCUT2D eigenvalue weighted by Crippen LogP contribution is -2.31. The first-order valence-corrected chi connectivity index (χ1v) is 13.7. The van der Waals surface area contributed by atoms with Crippen molar-refractivity contribution in [3.8, 4) is 0 Å². The summed E-state index contributed by atoms with van der Waals surface area (Å²) in [6.45, 7) is 5.58. The molecule has 0 bridgehead atoms. The minimum absolute atomic E-state index is 0.274. The van der Waals surface area contributed by atoms with Crippen molar-refractivity contribution in [3.05, 3.63) is 0 Å². The molecule has 0 saturated heterocycles. The van der Waals surface area contributed by atoms with Crippen LogP contribution in [0.5, 0.6) is 0 Å². The molecular weight excluding hydrogens is 368 g/mol. The van der Waals surface area contributed by atoms with Gasteiger partial charge in [0.05, 0.1) is 13.7 Å². The Hall–Kier alpha value is -0.570. The monoisotopic (exact) mass is 423 g/mol. The molecule has 0 aromatic heterocycles. The summed E-state index contributed by atoms with van der Waals surface area (Å²) in [5.41, 5.74) is 0. The topological polar surface area (TPSA) is 26.5 Å². The average molecular weight is 424 g/mol. The molecule has 0 atom stereocenters. The Labute approximate surface area is 189 Å². The fourth-order valence-corrected chi connectivity index (χ4v) is 4.84. The van der Waals surface area contributed by atoms with Gasteiger partial charge in [0, 0.05) is 6.42 Å². The van der Waals surface area contributed by atoms with E-state index < -0.39 is 0 Å². The number of aliphatic hydroxyl groups is 1. The Bertz CT molecular complexity index is 408. The van der Waals surface area contributed by atoms with E-state index >= 15 is 0 Å². The quantitative estimate of drug-likeness (QED) is 0.148. The molecule has 3 heteroatoms. The second-order valence-corrected chi connectivity index (χ2v) is 9.66. The lowest BCUT2D eigenvalue weighted by Gasteiger charge is -2.11. The molecule has 1 N–H and O–H groups in total. The van der Waals surface area contributed by atoms with Gasteiger partial charge in [-0.1, -0.05) is 122 Å². The SMILES string of the molecule is CCCCCCCCCCCCCCCCCCCCCC1=[N+](C)CCN1CCO. The van der Waals surface area contributed by atoms with Crippen LogP contribution in [-0.2, 0) is 0 Å². The Morgan fingerprint density at radius 3 is 1.47 bits per heavy atom. The lowest BCUT2D eigenvalue weighted by molar-refractivity contribution is -0.487. The van der Waals surface area contributed by atoms with E-state index in [9.17, 15) is 5.11 Å². The van der Waals surface area contributed by atoms with Gasteiger partial charge in [-0.3, -0.25) is 9.48 Å². The first-order chi connectivity index (χ1) is 14.8. The van der Waals surface area contributed by atoms with E-state index in [0.29, 0.717) is 0 Å². The van der Waals surface area contributed by atoms with Gasteiger partial charge in [0.25, 0.3) is 0 Å². The van der Waals surface area contributed by atoms with Crippen LogP contribution in [0.2, 0.25) is 0 Å². The Morgan fingerprint density at radius 2 is 1.07 bits per heavy atom. The van der Waals surface area contributed by atoms with Crippen LogP contribution in [0.25, 0.3) is 0 Å². The van der Waals surface area contributed by atoms with E-state index in [4.69, 9.17) is 0 Å². The molecule has 0 amide bonds. The van der Waals surface area contributed by atoms with Crippen LogP contribution in [0.15, 0.2) is 0 Å². The fraction of sp³-hybridized carbons (Fsp3) is 0.963. The van der Waals surface area contributed by atoms with Gasteiger partial charge >= 0.3 is 0 Å². The van der Waals surface area contributed by atoms with E-state index in [1.165, 1.54) is 134 Å². The molecule has 1 rings (SSSR count). The summed E-state index contributed by atoms with van der Waals surface area (Å²) >= 11 is 0. The molecule has 1 aliphatic heterocycles. The lowest BCUT2D eigenvalue weighted by atomic mass is 10.0. The zero-order valence-corrected chi connectivity index (χ0v) is 20.8. The second kappa shape index (κ2) is 20.3. The Balaban J connectivity index is 1.76. The number of amidine groups is 1. The molecule has 0 aliphatic carbocycles. The second-order valence-electron chi connectivity index (χ2n) is 9.66. The molecule has 0 unspecified atom stereocenters. The highest BCUT2D eigenvalue weighted by molar-refractivity contribution is 5.78. The van der Waals surface area contributed by atoms with Gasteiger partial charge < -0.3 is 5.11 Å². The molecule has 3 nitrogen and oxygen atoms in total. The summed E-state index contributed by atoms with van der Waals surface area (Å²) in [6, 6.07) is 0. The number of likely N-dealkylation sites (N-methyl/N-ethyl adjacent to an activating group) is 1. The highest BCUT2D eigenvalue weighted by Gasteiger charge is 2.26. The molecule has 0 radical (unpaired) electrons. The zero-order chi connectivity index (χ0) is 21.7. The molecule has 0 saturated carbocycles. The van der Waals surface area contributed by atoms with Gasteiger partial charge in [-0.2, -0.15) is 0 Å². The van der Waals surface area contributed by atoms with Gasteiger partial charge in [0.2, 0.25) is 5.84 Å². The van der Waals surface area contributed by atoms with Crippen LogP contribution < -0.4 is 0 Å². The number of rotatable bonds is 22. The van der Waals surface area contributed by atoms with Crippen molar-refractivity contribution in [2.45, 2.75) is 135 Å². The third kappa shape index (κ3) is 14.4. The van der Waals surface area contributed by atoms with Crippen LogP contribution in [0.1, 0.15) is 135 Å². The predicted molar refractivity (Wildman–Crippen MR) is 133 cm³/mol. The van der Waals surface area contributed by atoms with Gasteiger partial charge in [-0.05, 0) is 6.42 Å². The van der Waals surface area contributed by atoms with Crippen molar-refractivity contribution in [1.29, 1.82) is 0 Å². The van der Waals surface area contributed by atoms with Crippen molar-refractivity contribution >= 4 is 5.84 Å². The summed E-state index contributed by atoms with van der Waals surface area (Å²) in [5, 5.41) is 9.19. The number of aliphatic hydroxyl groups excluding tert-OH is 1. The van der Waals surface area contributed by atoms with E-state index in [1.807, 2.05) is 0 Å². The summed E-state index contributed by atoms with van der Waals surface area (Å²) < 4.78 is 2.38. The molecule has 1 heterocycles. The normalized spacial score (nSPS) is 14.3. The summed E-state index contributed by atoms with van der Waals surface area (Å²) in [5.74, 6) is 1.45. The van der Waals surface area contributed by atoms with Crippen molar-refractivity contribution in [2.24, 2.45) is 0 Å². The fourth-order valence-electron chi connectivity index (χ4n) is 4.84. The van der Waals surface area contributed by atoms with Crippen molar-refractivity contribution in [3.63, 3.8) is 0 Å². The smallest absolute Gasteiger partial charge is 0.246 e. The third-order valence-electron chi connectivity index (χ3n) is 6.88. The molecule has 178 valence electrons. The molecule has 0 aromatic rings. The van der Waals surface area contributed by atoms with Crippen LogP contribution in [-0.4, -0.2) is 53.7 Å². The summed E-state index contributed by atoms with van der Waals surface area (Å²) in [7, 11) is 2.20. The largest absolute Gasteiger partial charge is 0.392 e. The predicted octanol–water partition coefficient (Wildman–Crippen LogP) is 7.16. The van der Waals surface area contributed by atoms with Crippen LogP contribution in [0.3, 0.4) is 0 Å². The average Bonchev–Trinajstić information content (AvgIpc) is 3.09. The van der Waals surface area contributed by atoms with Gasteiger partial charge in [0.15, 0.2) is 0 Å². The number of nitrogens with zero attached hydrogens (tertiary/aromatic N) is 2. The minimum Gasteiger partial charge on any atom is -0.392 e. The minimum atomic E-state index is 0.274. The molecule has 0 aromatic carbocycles. The van der Waals surface area contributed by atoms with Gasteiger partial charge in [0.1, 0.15) is 19.6 Å². The number of hydrogen-bond donors (Lipinski definition) is 1. The summed E-state index contributed by atoms with van der Waals surface area (Å²) in [6.07, 6.45) is 28.5. The maximum atomic E-state index is 9.19. The van der Waals surface area contributed by atoms with E-state index in [1.54, 1.807) is 0 Å². The first-order valence-electron chi connectivity index (χ1n) is 13.7. The number of hydrogen-bond acceptors (Lipinski definition) is 2. The van der Waals surface area contributed by atoms with Crippen molar-refractivity contribution < 1.29 is 9.68 Å². The van der Waals surface area contributed by atoms with Crippen LogP contribution in [0.4, 0.5) is 0 Å². The standard InChI is InChI=1S/C27H55N2O/c1-3-4-5-6-7-8-9-10-11-12-13-14-15-16-17-18-19-20-21-22-27-28(2)23-24-29(27)25-26-30/h30H,3-26H2,1-2H3/q+1. The Kier molecular flexibility index (Phi) is 18.6. The zero-order valence-electron chi connectivity index (χ0n) is 20.8. The van der Waals surface area contributed by atoms with E-state index in [-0.39, 0.29) is 6.61 Å². The highest BCUT2D eigenvalue weighted by Crippen LogP contribution is 2.15. The first kappa shape index (κ1) is 27.5. The third-order valence-corrected chi connectivity index (χ3v) is 6.88.